The van der Waals surface area contributed by atoms with E-state index in [0.29, 0.717) is 5.95 Å². The van der Waals surface area contributed by atoms with Crippen LogP contribution in [0, 0.1) is 0 Å². The van der Waals surface area contributed by atoms with Crippen LogP contribution in [0.15, 0.2) is 24.3 Å². The minimum absolute atomic E-state index is 0.339. The number of hydrogen-bond donors (Lipinski definition) is 2. The number of carbonyl (C=O) groups excluding carboxylic acids is 1. The molecule has 6 heteroatoms. The van der Waals surface area contributed by atoms with Gasteiger partial charge in [0, 0.05) is 0 Å². The van der Waals surface area contributed by atoms with Crippen molar-refractivity contribution in [2.75, 3.05) is 12.4 Å². The number of methoxy groups -OCH3 is 1. The first-order chi connectivity index (χ1) is 7.22. The predicted molar refractivity (Wildman–Crippen MR) is 60.1 cm³/mol. The third-order valence-electron chi connectivity index (χ3n) is 1.94. The molecule has 78 valence electrons. The quantitative estimate of drug-likeness (QED) is 0.726. The van der Waals surface area contributed by atoms with Crippen LogP contribution in [0.1, 0.15) is 0 Å². The van der Waals surface area contributed by atoms with Crippen molar-refractivity contribution in [1.82, 2.24) is 8.96 Å². The summed E-state index contributed by atoms with van der Waals surface area (Å²) >= 11 is 4.21. The Morgan fingerprint density at radius 3 is 2.93 bits per heavy atom. The number of anilines is 1. The summed E-state index contributed by atoms with van der Waals surface area (Å²) in [6.45, 7) is 0. The molecule has 1 amide bonds. The van der Waals surface area contributed by atoms with E-state index in [1.54, 1.807) is 0 Å². The number of amides is 1. The molecule has 0 atom stereocenters. The molecule has 0 aliphatic carbocycles. The number of fused-ring (bicyclic) bond motifs is 1. The first-order valence-corrected chi connectivity index (χ1v) is 4.64. The van der Waals surface area contributed by atoms with Gasteiger partial charge in [-0.3, -0.25) is 9.29 Å². The topological polar surface area (TPSA) is 56.1 Å². The maximum atomic E-state index is 11.0. The molecule has 0 aliphatic heterocycles. The van der Waals surface area contributed by atoms with Crippen LogP contribution < -0.4 is 5.32 Å². The molecule has 1 aromatic carbocycles. The fourth-order valence-corrected chi connectivity index (χ4v) is 1.50. The molecule has 1 aromatic heterocycles. The number of aromatic nitrogens is 2. The lowest BCUT2D eigenvalue weighted by molar-refractivity contribution is 0.186. The van der Waals surface area contributed by atoms with Crippen molar-refractivity contribution in [3.05, 3.63) is 24.3 Å². The third-order valence-corrected chi connectivity index (χ3v) is 2.34. The first-order valence-electron chi connectivity index (χ1n) is 4.24. The summed E-state index contributed by atoms with van der Waals surface area (Å²) in [4.78, 5) is 15.2. The molecule has 0 spiro atoms. The Morgan fingerprint density at radius 2 is 2.27 bits per heavy atom. The van der Waals surface area contributed by atoms with Crippen LogP contribution in [0.3, 0.4) is 0 Å². The van der Waals surface area contributed by atoms with Crippen LogP contribution in [-0.4, -0.2) is 22.2 Å². The van der Waals surface area contributed by atoms with E-state index in [2.05, 4.69) is 27.9 Å². The lowest BCUT2D eigenvalue weighted by Gasteiger charge is -2.01. The van der Waals surface area contributed by atoms with Crippen molar-refractivity contribution < 1.29 is 9.53 Å². The number of carbonyl (C=O) groups is 1. The number of hydrogen-bond acceptors (Lipinski definition) is 4. The zero-order chi connectivity index (χ0) is 10.8. The summed E-state index contributed by atoms with van der Waals surface area (Å²) in [6, 6.07) is 7.44. The highest BCUT2D eigenvalue weighted by Gasteiger charge is 2.10. The Bertz CT molecular complexity index is 509. The monoisotopic (exact) mass is 223 g/mol. The van der Waals surface area contributed by atoms with Gasteiger partial charge in [-0.25, -0.2) is 9.78 Å². The number of rotatable bonds is 1. The van der Waals surface area contributed by atoms with E-state index in [9.17, 15) is 4.79 Å². The first kappa shape index (κ1) is 9.85. The Morgan fingerprint density at radius 1 is 1.53 bits per heavy atom. The molecular formula is C9H9N3O2S. The Balaban J connectivity index is 2.44. The molecule has 0 fully saturated rings. The fraction of sp³-hybridized carbons (Fsp3) is 0.111. The average Bonchev–Trinajstić information content (AvgIpc) is 2.57. The molecule has 0 aliphatic rings. The molecule has 2 aromatic rings. The van der Waals surface area contributed by atoms with Gasteiger partial charge in [0.2, 0.25) is 5.95 Å². The second-order valence-corrected chi connectivity index (χ2v) is 3.25. The number of ether oxygens (including phenoxy) is 1. The lowest BCUT2D eigenvalue weighted by atomic mass is 10.3. The lowest BCUT2D eigenvalue weighted by Crippen LogP contribution is -2.13. The van der Waals surface area contributed by atoms with Crippen molar-refractivity contribution in [3.63, 3.8) is 0 Å². The summed E-state index contributed by atoms with van der Waals surface area (Å²) in [5.41, 5.74) is 1.59. The van der Waals surface area contributed by atoms with Gasteiger partial charge in [0.15, 0.2) is 0 Å². The maximum Gasteiger partial charge on any atom is 0.413 e. The van der Waals surface area contributed by atoms with Crippen molar-refractivity contribution in [1.29, 1.82) is 0 Å². The van der Waals surface area contributed by atoms with E-state index >= 15 is 0 Å². The molecule has 2 rings (SSSR count). The molecular weight excluding hydrogens is 214 g/mol. The smallest absolute Gasteiger partial charge is 0.413 e. The van der Waals surface area contributed by atoms with Gasteiger partial charge in [0.1, 0.15) is 0 Å². The molecule has 15 heavy (non-hydrogen) atoms. The van der Waals surface area contributed by atoms with Gasteiger partial charge in [0.05, 0.1) is 18.1 Å². The van der Waals surface area contributed by atoms with Crippen LogP contribution >= 0.6 is 12.8 Å². The normalized spacial score (nSPS) is 10.3. The molecule has 0 saturated carbocycles. The number of thiol groups is 1. The number of imidazole rings is 1. The summed E-state index contributed by atoms with van der Waals surface area (Å²) < 4.78 is 5.96. The second-order valence-electron chi connectivity index (χ2n) is 2.85. The predicted octanol–water partition coefficient (Wildman–Crippen LogP) is 1.91. The fourth-order valence-electron chi connectivity index (χ4n) is 1.24. The van der Waals surface area contributed by atoms with E-state index in [-0.39, 0.29) is 0 Å². The Labute approximate surface area is 91.6 Å². The van der Waals surface area contributed by atoms with Gasteiger partial charge in [-0.1, -0.05) is 24.9 Å². The SMILES string of the molecule is COC(=O)Nc1nc2ccccc2n1S. The van der Waals surface area contributed by atoms with Gasteiger partial charge in [-0.15, -0.1) is 0 Å². The highest BCUT2D eigenvalue weighted by Crippen LogP contribution is 2.20. The number of nitrogens with one attached hydrogen (secondary N) is 1. The highest BCUT2D eigenvalue weighted by atomic mass is 32.1. The molecule has 0 radical (unpaired) electrons. The summed E-state index contributed by atoms with van der Waals surface area (Å²) in [6.07, 6.45) is -0.569. The van der Waals surface area contributed by atoms with Gasteiger partial charge < -0.3 is 4.74 Å². The van der Waals surface area contributed by atoms with E-state index in [0.717, 1.165) is 11.0 Å². The zero-order valence-electron chi connectivity index (χ0n) is 7.97. The van der Waals surface area contributed by atoms with E-state index in [1.165, 1.54) is 11.1 Å². The van der Waals surface area contributed by atoms with E-state index in [1.807, 2.05) is 24.3 Å². The molecule has 1 heterocycles. The zero-order valence-corrected chi connectivity index (χ0v) is 8.86. The van der Waals surface area contributed by atoms with E-state index in [4.69, 9.17) is 0 Å². The van der Waals surface area contributed by atoms with E-state index < -0.39 is 6.09 Å². The number of benzene rings is 1. The number of nitrogens with zero attached hydrogens (tertiary/aromatic N) is 2. The third kappa shape index (κ3) is 1.75. The average molecular weight is 223 g/mol. The van der Waals surface area contributed by atoms with Crippen LogP contribution in [0.2, 0.25) is 0 Å². The molecule has 0 unspecified atom stereocenters. The van der Waals surface area contributed by atoms with Crippen molar-refractivity contribution in [3.8, 4) is 0 Å². The van der Waals surface area contributed by atoms with Crippen LogP contribution in [-0.2, 0) is 4.74 Å². The van der Waals surface area contributed by atoms with Crippen LogP contribution in [0.25, 0.3) is 11.0 Å². The summed E-state index contributed by atoms with van der Waals surface area (Å²) in [5, 5.41) is 2.46. The van der Waals surface area contributed by atoms with Gasteiger partial charge in [0.25, 0.3) is 0 Å². The molecule has 5 nitrogen and oxygen atoms in total. The van der Waals surface area contributed by atoms with Gasteiger partial charge >= 0.3 is 6.09 Å². The van der Waals surface area contributed by atoms with Gasteiger partial charge in [-0.05, 0) is 12.1 Å². The van der Waals surface area contributed by atoms with Crippen molar-refractivity contribution in [2.24, 2.45) is 0 Å². The molecule has 0 bridgehead atoms. The largest absolute Gasteiger partial charge is 0.453 e. The Kier molecular flexibility index (Phi) is 2.51. The minimum Gasteiger partial charge on any atom is -0.453 e. The summed E-state index contributed by atoms with van der Waals surface area (Å²) in [7, 11) is 1.29. The standard InChI is InChI=1S/C9H9N3O2S/c1-14-9(13)11-8-10-6-4-2-3-5-7(6)12(8)15/h2-5,15H,1H3,(H,10,11,13). The maximum absolute atomic E-state index is 11.0. The minimum atomic E-state index is -0.569. The van der Waals surface area contributed by atoms with Crippen molar-refractivity contribution >= 4 is 35.9 Å². The van der Waals surface area contributed by atoms with Crippen LogP contribution in [0.5, 0.6) is 0 Å². The number of para-hydroxylation sites is 2. The van der Waals surface area contributed by atoms with Gasteiger partial charge in [-0.2, -0.15) is 0 Å². The van der Waals surface area contributed by atoms with Crippen molar-refractivity contribution in [2.45, 2.75) is 0 Å². The molecule has 0 saturated heterocycles. The van der Waals surface area contributed by atoms with Crippen LogP contribution in [0.4, 0.5) is 10.7 Å². The summed E-state index contributed by atoms with van der Waals surface area (Å²) in [5.74, 6) is 0.339. The highest BCUT2D eigenvalue weighted by molar-refractivity contribution is 7.79. The molecule has 1 N–H and O–H groups in total. The second kappa shape index (κ2) is 3.82. The Hall–Kier alpha value is -1.69.